The first-order valence-corrected chi connectivity index (χ1v) is 10.0. The van der Waals surface area contributed by atoms with Crippen molar-refractivity contribution in [3.63, 3.8) is 0 Å². The lowest BCUT2D eigenvalue weighted by molar-refractivity contribution is -0.139. The van der Waals surface area contributed by atoms with Crippen LogP contribution in [0.25, 0.3) is 0 Å². The van der Waals surface area contributed by atoms with Crippen molar-refractivity contribution in [3.8, 4) is 0 Å². The molecule has 3 rings (SSSR count). The lowest BCUT2D eigenvalue weighted by atomic mass is 9.95. The quantitative estimate of drug-likeness (QED) is 0.849. The van der Waals surface area contributed by atoms with Gasteiger partial charge in [-0.05, 0) is 31.9 Å². The minimum atomic E-state index is -3.45. The highest BCUT2D eigenvalue weighted by Gasteiger charge is 2.35. The van der Waals surface area contributed by atoms with Crippen molar-refractivity contribution >= 4 is 28.3 Å². The van der Waals surface area contributed by atoms with Crippen LogP contribution in [0.2, 0.25) is 0 Å². The van der Waals surface area contributed by atoms with Crippen LogP contribution in [0.5, 0.6) is 0 Å². The van der Waals surface area contributed by atoms with Crippen molar-refractivity contribution < 1.29 is 13.2 Å². The average Bonchev–Trinajstić information content (AvgIpc) is 2.62. The first-order chi connectivity index (χ1) is 11.5. The molecule has 2 aliphatic heterocycles. The van der Waals surface area contributed by atoms with Crippen LogP contribution in [0.15, 0.2) is 35.2 Å². The van der Waals surface area contributed by atoms with Gasteiger partial charge < -0.3 is 10.2 Å². The lowest BCUT2D eigenvalue weighted by Crippen LogP contribution is -2.55. The molecular formula is C17H26ClN3O3S. The van der Waals surface area contributed by atoms with Gasteiger partial charge in [-0.1, -0.05) is 18.2 Å². The van der Waals surface area contributed by atoms with Crippen LogP contribution in [0.4, 0.5) is 0 Å². The van der Waals surface area contributed by atoms with Crippen LogP contribution in [-0.2, 0) is 14.8 Å². The Kier molecular flexibility index (Phi) is 6.85. The molecule has 0 unspecified atom stereocenters. The zero-order valence-corrected chi connectivity index (χ0v) is 16.1. The second-order valence-electron chi connectivity index (χ2n) is 6.58. The summed E-state index contributed by atoms with van der Waals surface area (Å²) in [5.41, 5.74) is 0. The first-order valence-electron chi connectivity index (χ1n) is 8.56. The summed E-state index contributed by atoms with van der Waals surface area (Å²) in [6, 6.07) is 8.71. The van der Waals surface area contributed by atoms with E-state index in [4.69, 9.17) is 0 Å². The molecule has 2 aliphatic rings. The van der Waals surface area contributed by atoms with E-state index in [1.54, 1.807) is 30.3 Å². The molecule has 25 heavy (non-hydrogen) atoms. The minimum Gasteiger partial charge on any atom is -0.337 e. The van der Waals surface area contributed by atoms with E-state index in [1.807, 2.05) is 4.90 Å². The molecule has 8 heteroatoms. The number of hydrogen-bond donors (Lipinski definition) is 1. The Bertz CT molecular complexity index is 676. The van der Waals surface area contributed by atoms with Crippen molar-refractivity contribution in [2.75, 3.05) is 32.7 Å². The number of nitrogens with one attached hydrogen (secondary N) is 1. The lowest BCUT2D eigenvalue weighted by Gasteiger charge is -2.38. The number of benzene rings is 1. The summed E-state index contributed by atoms with van der Waals surface area (Å²) < 4.78 is 26.8. The zero-order valence-electron chi connectivity index (χ0n) is 14.4. The van der Waals surface area contributed by atoms with Gasteiger partial charge in [0.1, 0.15) is 0 Å². The molecular weight excluding hydrogens is 362 g/mol. The number of carbonyl (C=O) groups is 1. The highest BCUT2D eigenvalue weighted by molar-refractivity contribution is 7.89. The number of hydrogen-bond acceptors (Lipinski definition) is 4. The smallest absolute Gasteiger partial charge is 0.243 e. The van der Waals surface area contributed by atoms with E-state index in [2.05, 4.69) is 12.2 Å². The van der Waals surface area contributed by atoms with E-state index in [0.717, 1.165) is 19.6 Å². The van der Waals surface area contributed by atoms with Crippen molar-refractivity contribution in [1.82, 2.24) is 14.5 Å². The summed E-state index contributed by atoms with van der Waals surface area (Å²) in [5.74, 6) is 0.119. The third-order valence-electron chi connectivity index (χ3n) is 4.97. The van der Waals surface area contributed by atoms with Gasteiger partial charge in [0.25, 0.3) is 0 Å². The van der Waals surface area contributed by atoms with E-state index in [0.29, 0.717) is 30.8 Å². The van der Waals surface area contributed by atoms with Crippen molar-refractivity contribution in [2.24, 2.45) is 5.92 Å². The maximum atomic E-state index is 12.7. The largest absolute Gasteiger partial charge is 0.337 e. The summed E-state index contributed by atoms with van der Waals surface area (Å²) in [6.45, 7) is 5.27. The summed E-state index contributed by atoms with van der Waals surface area (Å²) in [6.07, 6.45) is 1.20. The van der Waals surface area contributed by atoms with Gasteiger partial charge in [-0.25, -0.2) is 8.42 Å². The predicted molar refractivity (Wildman–Crippen MR) is 99.2 cm³/mol. The Morgan fingerprint density at radius 1 is 1.12 bits per heavy atom. The number of nitrogens with zero attached hydrogens (tertiary/aromatic N) is 2. The second kappa shape index (κ2) is 8.49. The number of rotatable bonds is 3. The van der Waals surface area contributed by atoms with Crippen LogP contribution in [0, 0.1) is 5.92 Å². The molecule has 0 bridgehead atoms. The Labute approximate surface area is 156 Å². The maximum Gasteiger partial charge on any atom is 0.243 e. The molecule has 0 aromatic heterocycles. The fourth-order valence-corrected chi connectivity index (χ4v) is 4.98. The number of sulfonamides is 1. The molecule has 1 amide bonds. The monoisotopic (exact) mass is 387 g/mol. The predicted octanol–water partition coefficient (Wildman–Crippen LogP) is 1.33. The van der Waals surface area contributed by atoms with Gasteiger partial charge in [-0.3, -0.25) is 4.79 Å². The van der Waals surface area contributed by atoms with Crippen LogP contribution in [0.3, 0.4) is 0 Å². The molecule has 1 atom stereocenters. The molecule has 0 radical (unpaired) electrons. The summed E-state index contributed by atoms with van der Waals surface area (Å²) in [7, 11) is -3.45. The Morgan fingerprint density at radius 3 is 2.36 bits per heavy atom. The van der Waals surface area contributed by atoms with Crippen molar-refractivity contribution in [3.05, 3.63) is 30.3 Å². The number of amides is 1. The molecule has 2 saturated heterocycles. The summed E-state index contributed by atoms with van der Waals surface area (Å²) in [5, 5.41) is 3.29. The average molecular weight is 388 g/mol. The summed E-state index contributed by atoms with van der Waals surface area (Å²) >= 11 is 0. The van der Waals surface area contributed by atoms with Crippen LogP contribution in [0.1, 0.15) is 19.8 Å². The number of carbonyl (C=O) groups excluding carboxylic acids is 1. The third-order valence-corrected chi connectivity index (χ3v) is 6.88. The fourth-order valence-electron chi connectivity index (χ4n) is 3.49. The van der Waals surface area contributed by atoms with Gasteiger partial charge in [0, 0.05) is 44.7 Å². The van der Waals surface area contributed by atoms with E-state index in [-0.39, 0.29) is 30.3 Å². The van der Waals surface area contributed by atoms with E-state index in [9.17, 15) is 13.2 Å². The standard InChI is InChI=1S/C17H25N3O3S.ClH/c1-14-13-18-9-12-20(14)17(21)15-7-10-19(11-8-15)24(22,23)16-5-3-2-4-6-16;/h2-6,14-15,18H,7-13H2,1H3;1H/t14-;/m0./s1. The molecule has 0 aliphatic carbocycles. The molecule has 1 N–H and O–H groups in total. The number of piperidine rings is 1. The molecule has 2 heterocycles. The molecule has 140 valence electrons. The number of halogens is 1. The molecule has 2 fully saturated rings. The Hall–Kier alpha value is -1.15. The van der Waals surface area contributed by atoms with Gasteiger partial charge in [0.2, 0.25) is 15.9 Å². The maximum absolute atomic E-state index is 12.7. The van der Waals surface area contributed by atoms with Gasteiger partial charge in [0.05, 0.1) is 4.90 Å². The number of piperazine rings is 1. The zero-order chi connectivity index (χ0) is 17.2. The second-order valence-corrected chi connectivity index (χ2v) is 8.51. The normalized spacial score (nSPS) is 23.1. The fraction of sp³-hybridized carbons (Fsp3) is 0.588. The highest BCUT2D eigenvalue weighted by atomic mass is 35.5. The molecule has 0 saturated carbocycles. The van der Waals surface area contributed by atoms with Crippen molar-refractivity contribution in [1.29, 1.82) is 0 Å². The molecule has 1 aromatic carbocycles. The van der Waals surface area contributed by atoms with Gasteiger partial charge in [-0.2, -0.15) is 4.31 Å². The van der Waals surface area contributed by atoms with Gasteiger partial charge in [0.15, 0.2) is 0 Å². The summed E-state index contributed by atoms with van der Waals surface area (Å²) in [4.78, 5) is 15.0. The molecule has 1 aromatic rings. The molecule has 6 nitrogen and oxygen atoms in total. The minimum absolute atomic E-state index is 0. The van der Waals surface area contributed by atoms with Crippen LogP contribution >= 0.6 is 12.4 Å². The van der Waals surface area contributed by atoms with Crippen molar-refractivity contribution in [2.45, 2.75) is 30.7 Å². The van der Waals surface area contributed by atoms with E-state index in [1.165, 1.54) is 4.31 Å². The Morgan fingerprint density at radius 2 is 1.76 bits per heavy atom. The third kappa shape index (κ3) is 4.34. The molecule has 0 spiro atoms. The van der Waals surface area contributed by atoms with E-state index < -0.39 is 10.0 Å². The topological polar surface area (TPSA) is 69.7 Å². The van der Waals surface area contributed by atoms with Gasteiger partial charge >= 0.3 is 0 Å². The first kappa shape index (κ1) is 20.2. The Balaban J connectivity index is 0.00000225. The van der Waals surface area contributed by atoms with Gasteiger partial charge in [-0.15, -0.1) is 12.4 Å². The highest BCUT2D eigenvalue weighted by Crippen LogP contribution is 2.25. The van der Waals surface area contributed by atoms with Crippen LogP contribution in [-0.4, -0.2) is 62.3 Å². The van der Waals surface area contributed by atoms with Crippen LogP contribution < -0.4 is 5.32 Å². The SMILES string of the molecule is C[C@H]1CNCCN1C(=O)C1CCN(S(=O)(=O)c2ccccc2)CC1.Cl. The van der Waals surface area contributed by atoms with E-state index >= 15 is 0 Å².